The van der Waals surface area contributed by atoms with E-state index in [0.29, 0.717) is 0 Å². The van der Waals surface area contributed by atoms with E-state index >= 15 is 0 Å². The Kier molecular flexibility index (Phi) is 3.86. The summed E-state index contributed by atoms with van der Waals surface area (Å²) in [5.41, 5.74) is 2.40. The highest BCUT2D eigenvalue weighted by Gasteiger charge is 2.28. The van der Waals surface area contributed by atoms with E-state index in [0.717, 1.165) is 16.3 Å². The molecule has 4 nitrogen and oxygen atoms in total. The smallest absolute Gasteiger partial charge is 0.339 e. The van der Waals surface area contributed by atoms with Crippen molar-refractivity contribution in [1.29, 1.82) is 0 Å². The number of rotatable bonds is 2. The minimum Gasteiger partial charge on any atom is -0.512 e. The fraction of sp³-hybridized carbons (Fsp3) is 0.278. The van der Waals surface area contributed by atoms with Crippen molar-refractivity contribution in [3.63, 3.8) is 0 Å². The lowest BCUT2D eigenvalue weighted by Gasteiger charge is -2.26. The second kappa shape index (κ2) is 5.81. The topological polar surface area (TPSA) is 55.8 Å². The van der Waals surface area contributed by atoms with E-state index < -0.39 is 5.97 Å². The fourth-order valence-corrected chi connectivity index (χ4v) is 2.96. The van der Waals surface area contributed by atoms with Crippen molar-refractivity contribution in [2.75, 3.05) is 13.7 Å². The van der Waals surface area contributed by atoms with Gasteiger partial charge in [-0.1, -0.05) is 36.4 Å². The van der Waals surface area contributed by atoms with E-state index in [1.807, 2.05) is 18.2 Å². The summed E-state index contributed by atoms with van der Waals surface area (Å²) in [4.78, 5) is 11.6. The number of carbonyl (C=O) groups excluding carboxylic acids is 1. The van der Waals surface area contributed by atoms with Crippen LogP contribution in [0.15, 0.2) is 47.7 Å². The Morgan fingerprint density at radius 2 is 2.00 bits per heavy atom. The van der Waals surface area contributed by atoms with Gasteiger partial charge in [-0.15, -0.1) is 0 Å². The first kappa shape index (κ1) is 14.6. The molecule has 1 atom stereocenters. The summed E-state index contributed by atoms with van der Waals surface area (Å²) in [5.74, 6) is -0.487. The molecule has 0 saturated heterocycles. The summed E-state index contributed by atoms with van der Waals surface area (Å²) in [7, 11) is 1.29. The van der Waals surface area contributed by atoms with E-state index in [9.17, 15) is 9.90 Å². The van der Waals surface area contributed by atoms with Crippen LogP contribution >= 0.6 is 0 Å². The standard InChI is InChI=1S/C18H18O4/c1-11-5-3-6-12-7-4-8-13(17(11)12)16-9-15(19)14(10-22-16)18(20)21-2/h3-8,16,19H,9-10H2,1-2H3. The summed E-state index contributed by atoms with van der Waals surface area (Å²) in [6.07, 6.45) is 0.0101. The number of aryl methyl sites for hydroxylation is 1. The molecule has 0 radical (unpaired) electrons. The molecule has 2 aromatic rings. The van der Waals surface area contributed by atoms with Crippen LogP contribution in [-0.2, 0) is 14.3 Å². The van der Waals surface area contributed by atoms with Gasteiger partial charge in [-0.25, -0.2) is 4.79 Å². The van der Waals surface area contributed by atoms with Crippen molar-refractivity contribution in [2.24, 2.45) is 0 Å². The minimum absolute atomic E-state index is 0.0497. The van der Waals surface area contributed by atoms with Gasteiger partial charge in [-0.2, -0.15) is 0 Å². The summed E-state index contributed by atoms with van der Waals surface area (Å²) < 4.78 is 10.5. The first-order valence-corrected chi connectivity index (χ1v) is 7.21. The number of aliphatic hydroxyl groups is 1. The summed E-state index contributed by atoms with van der Waals surface area (Å²) in [6, 6.07) is 12.2. The average molecular weight is 298 g/mol. The van der Waals surface area contributed by atoms with Crippen LogP contribution in [0.4, 0.5) is 0 Å². The van der Waals surface area contributed by atoms with Gasteiger partial charge in [0.25, 0.3) is 0 Å². The van der Waals surface area contributed by atoms with E-state index in [1.54, 1.807) is 0 Å². The molecule has 1 aliphatic heterocycles. The molecule has 4 heteroatoms. The predicted molar refractivity (Wildman–Crippen MR) is 83.7 cm³/mol. The van der Waals surface area contributed by atoms with Crippen molar-refractivity contribution in [2.45, 2.75) is 19.4 Å². The molecule has 1 N–H and O–H groups in total. The quantitative estimate of drug-likeness (QED) is 0.861. The van der Waals surface area contributed by atoms with Crippen molar-refractivity contribution in [1.82, 2.24) is 0 Å². The van der Waals surface area contributed by atoms with Crippen LogP contribution < -0.4 is 0 Å². The van der Waals surface area contributed by atoms with Gasteiger partial charge in [0, 0.05) is 6.42 Å². The Labute approximate surface area is 129 Å². The molecule has 2 aromatic carbocycles. The number of carbonyl (C=O) groups is 1. The summed E-state index contributed by atoms with van der Waals surface area (Å²) in [6.45, 7) is 2.12. The largest absolute Gasteiger partial charge is 0.512 e. The predicted octanol–water partition coefficient (Wildman–Crippen LogP) is 3.59. The highest BCUT2D eigenvalue weighted by molar-refractivity contribution is 5.90. The minimum atomic E-state index is -0.537. The molecule has 1 heterocycles. The third-order valence-corrected chi connectivity index (χ3v) is 4.08. The van der Waals surface area contributed by atoms with Gasteiger partial charge in [0.05, 0.1) is 19.8 Å². The molecular weight excluding hydrogens is 280 g/mol. The molecule has 0 saturated carbocycles. The zero-order valence-electron chi connectivity index (χ0n) is 12.6. The van der Waals surface area contributed by atoms with Crippen LogP contribution in [0, 0.1) is 6.92 Å². The van der Waals surface area contributed by atoms with E-state index in [-0.39, 0.29) is 30.5 Å². The van der Waals surface area contributed by atoms with Crippen LogP contribution in [0.3, 0.4) is 0 Å². The van der Waals surface area contributed by atoms with Gasteiger partial charge in [-0.3, -0.25) is 0 Å². The SMILES string of the molecule is COC(=O)C1=C(O)CC(c2cccc3cccc(C)c23)OC1. The third-order valence-electron chi connectivity index (χ3n) is 4.08. The normalized spacial score (nSPS) is 18.5. The average Bonchev–Trinajstić information content (AvgIpc) is 2.54. The number of hydrogen-bond acceptors (Lipinski definition) is 4. The molecule has 1 unspecified atom stereocenters. The fourth-order valence-electron chi connectivity index (χ4n) is 2.96. The van der Waals surface area contributed by atoms with Gasteiger partial charge in [-0.05, 0) is 28.8 Å². The number of benzene rings is 2. The molecule has 0 spiro atoms. The van der Waals surface area contributed by atoms with Crippen molar-refractivity contribution < 1.29 is 19.4 Å². The maximum Gasteiger partial charge on any atom is 0.339 e. The van der Waals surface area contributed by atoms with E-state index in [1.165, 1.54) is 12.7 Å². The first-order valence-electron chi connectivity index (χ1n) is 7.21. The molecule has 0 bridgehead atoms. The molecule has 1 aliphatic rings. The summed E-state index contributed by atoms with van der Waals surface area (Å²) in [5, 5.41) is 12.4. The Bertz CT molecular complexity index is 756. The Morgan fingerprint density at radius 1 is 1.27 bits per heavy atom. The maximum atomic E-state index is 11.6. The second-order valence-corrected chi connectivity index (χ2v) is 5.44. The molecular formula is C18H18O4. The van der Waals surface area contributed by atoms with Crippen molar-refractivity contribution >= 4 is 16.7 Å². The lowest BCUT2D eigenvalue weighted by atomic mass is 9.93. The molecule has 0 aliphatic carbocycles. The van der Waals surface area contributed by atoms with Crippen LogP contribution in [0.1, 0.15) is 23.7 Å². The van der Waals surface area contributed by atoms with Gasteiger partial charge in [0.2, 0.25) is 0 Å². The van der Waals surface area contributed by atoms with Crippen molar-refractivity contribution in [3.8, 4) is 0 Å². The molecule has 0 fully saturated rings. The molecule has 3 rings (SSSR count). The number of hydrogen-bond donors (Lipinski definition) is 1. The van der Waals surface area contributed by atoms with Crippen LogP contribution in [-0.4, -0.2) is 24.8 Å². The Morgan fingerprint density at radius 3 is 2.68 bits per heavy atom. The van der Waals surface area contributed by atoms with Gasteiger partial charge < -0.3 is 14.6 Å². The highest BCUT2D eigenvalue weighted by Crippen LogP contribution is 2.35. The first-order chi connectivity index (χ1) is 10.6. The second-order valence-electron chi connectivity index (χ2n) is 5.44. The number of fused-ring (bicyclic) bond motifs is 1. The number of methoxy groups -OCH3 is 1. The van der Waals surface area contributed by atoms with Crippen molar-refractivity contribution in [3.05, 3.63) is 58.9 Å². The number of aliphatic hydroxyl groups excluding tert-OH is 1. The zero-order chi connectivity index (χ0) is 15.7. The molecule has 0 amide bonds. The van der Waals surface area contributed by atoms with E-state index in [2.05, 4.69) is 29.9 Å². The van der Waals surface area contributed by atoms with Crippen LogP contribution in [0.5, 0.6) is 0 Å². The van der Waals surface area contributed by atoms with E-state index in [4.69, 9.17) is 4.74 Å². The van der Waals surface area contributed by atoms with Crippen LogP contribution in [0.2, 0.25) is 0 Å². The molecule has 0 aromatic heterocycles. The zero-order valence-corrected chi connectivity index (χ0v) is 12.6. The maximum absolute atomic E-state index is 11.6. The Balaban J connectivity index is 2.01. The third kappa shape index (κ3) is 2.46. The lowest BCUT2D eigenvalue weighted by molar-refractivity contribution is -0.137. The summed E-state index contributed by atoms with van der Waals surface area (Å²) >= 11 is 0. The number of esters is 1. The van der Waals surface area contributed by atoms with Gasteiger partial charge in [0.15, 0.2) is 0 Å². The monoisotopic (exact) mass is 298 g/mol. The van der Waals surface area contributed by atoms with Crippen LogP contribution in [0.25, 0.3) is 10.8 Å². The molecule has 114 valence electrons. The number of ether oxygens (including phenoxy) is 2. The lowest BCUT2D eigenvalue weighted by Crippen LogP contribution is -2.22. The van der Waals surface area contributed by atoms with Gasteiger partial charge in [0.1, 0.15) is 11.3 Å². The molecule has 22 heavy (non-hydrogen) atoms. The Hall–Kier alpha value is -2.33. The van der Waals surface area contributed by atoms with Gasteiger partial charge >= 0.3 is 5.97 Å². The highest BCUT2D eigenvalue weighted by atomic mass is 16.5.